The van der Waals surface area contributed by atoms with Crippen molar-refractivity contribution in [2.45, 2.75) is 24.2 Å². The van der Waals surface area contributed by atoms with Crippen molar-refractivity contribution in [3.8, 4) is 0 Å². The molecule has 2 rings (SSSR count). The van der Waals surface area contributed by atoms with E-state index in [1.165, 1.54) is 0 Å². The lowest BCUT2D eigenvalue weighted by Gasteiger charge is -2.12. The Bertz CT molecular complexity index is 513. The number of nitrogens with zero attached hydrogens (tertiary/aromatic N) is 1. The number of hydrogen-bond donors (Lipinski definition) is 0. The van der Waals surface area contributed by atoms with Gasteiger partial charge in [0, 0.05) is 17.7 Å². The summed E-state index contributed by atoms with van der Waals surface area (Å²) in [7, 11) is 0. The number of carbonyl (C=O) groups is 3. The van der Waals surface area contributed by atoms with Crippen LogP contribution in [0, 0.1) is 0 Å². The van der Waals surface area contributed by atoms with Gasteiger partial charge in [-0.05, 0) is 24.0 Å². The minimum absolute atomic E-state index is 0.0332. The molecule has 0 aliphatic carbocycles. The van der Waals surface area contributed by atoms with Gasteiger partial charge in [0.05, 0.1) is 6.42 Å². The molecule has 19 heavy (non-hydrogen) atoms. The normalized spacial score (nSPS) is 14.9. The van der Waals surface area contributed by atoms with Gasteiger partial charge in [0.15, 0.2) is 0 Å². The third-order valence-corrected chi connectivity index (χ3v) is 3.41. The van der Waals surface area contributed by atoms with Crippen LogP contribution in [0.5, 0.6) is 0 Å². The second kappa shape index (κ2) is 5.88. The number of amides is 2. The molecule has 0 bridgehead atoms. The predicted molar refractivity (Wildman–Crippen MR) is 69.1 cm³/mol. The van der Waals surface area contributed by atoms with Crippen molar-refractivity contribution in [3.05, 3.63) is 29.8 Å². The molecule has 1 fully saturated rings. The van der Waals surface area contributed by atoms with E-state index in [4.69, 9.17) is 4.84 Å². The zero-order chi connectivity index (χ0) is 13.8. The number of imide groups is 1. The summed E-state index contributed by atoms with van der Waals surface area (Å²) in [4.78, 5) is 40.1. The molecule has 1 aromatic carbocycles. The van der Waals surface area contributed by atoms with Crippen molar-refractivity contribution in [3.63, 3.8) is 0 Å². The Hall–Kier alpha value is -1.82. The molecule has 5 nitrogen and oxygen atoms in total. The van der Waals surface area contributed by atoms with E-state index in [0.29, 0.717) is 5.06 Å². The highest BCUT2D eigenvalue weighted by Crippen LogP contribution is 2.17. The fraction of sp³-hybridized carbons (Fsp3) is 0.308. The molecule has 1 aliphatic heterocycles. The molecular weight excluding hydrogens is 266 g/mol. The van der Waals surface area contributed by atoms with E-state index >= 15 is 0 Å². The van der Waals surface area contributed by atoms with Crippen molar-refractivity contribution < 1.29 is 19.2 Å². The first-order valence-corrected chi connectivity index (χ1v) is 7.02. The van der Waals surface area contributed by atoms with Gasteiger partial charge in [-0.1, -0.05) is 12.1 Å². The fourth-order valence-corrected chi connectivity index (χ4v) is 2.22. The number of benzene rings is 1. The van der Waals surface area contributed by atoms with Crippen molar-refractivity contribution >= 4 is 29.5 Å². The monoisotopic (exact) mass is 279 g/mol. The molecule has 0 spiro atoms. The Labute approximate surface area is 114 Å². The van der Waals surface area contributed by atoms with Crippen LogP contribution in [0.3, 0.4) is 0 Å². The van der Waals surface area contributed by atoms with Crippen molar-refractivity contribution in [1.82, 2.24) is 5.06 Å². The van der Waals surface area contributed by atoms with Gasteiger partial charge in [-0.3, -0.25) is 9.59 Å². The molecule has 1 aromatic rings. The molecule has 1 saturated heterocycles. The number of rotatable bonds is 4. The van der Waals surface area contributed by atoms with Gasteiger partial charge in [0.1, 0.15) is 0 Å². The van der Waals surface area contributed by atoms with E-state index in [2.05, 4.69) is 0 Å². The van der Waals surface area contributed by atoms with Crippen LogP contribution in [0.15, 0.2) is 29.2 Å². The van der Waals surface area contributed by atoms with E-state index in [9.17, 15) is 14.4 Å². The molecule has 0 radical (unpaired) electrons. The topological polar surface area (TPSA) is 63.7 Å². The third-order valence-electron chi connectivity index (χ3n) is 2.68. The quantitative estimate of drug-likeness (QED) is 0.618. The van der Waals surface area contributed by atoms with Crippen molar-refractivity contribution in [2.24, 2.45) is 0 Å². The predicted octanol–water partition coefficient (Wildman–Crippen LogP) is 1.56. The lowest BCUT2D eigenvalue weighted by atomic mass is 10.2. The maximum absolute atomic E-state index is 11.7. The van der Waals surface area contributed by atoms with Crippen molar-refractivity contribution in [1.29, 1.82) is 0 Å². The van der Waals surface area contributed by atoms with Crippen LogP contribution in [-0.2, 0) is 25.6 Å². The zero-order valence-electron chi connectivity index (χ0n) is 10.4. The third kappa shape index (κ3) is 3.35. The summed E-state index contributed by atoms with van der Waals surface area (Å²) in [5.74, 6) is -1.53. The molecule has 0 saturated carbocycles. The molecule has 0 unspecified atom stereocenters. The largest absolute Gasteiger partial charge is 0.337 e. The van der Waals surface area contributed by atoms with Gasteiger partial charge < -0.3 is 4.84 Å². The summed E-state index contributed by atoms with van der Waals surface area (Å²) in [6.07, 6.45) is 2.19. The number of hydrogen-bond acceptors (Lipinski definition) is 5. The van der Waals surface area contributed by atoms with Gasteiger partial charge in [0.2, 0.25) is 0 Å². The summed E-state index contributed by atoms with van der Waals surface area (Å²) >= 11 is 1.57. The van der Waals surface area contributed by atoms with Gasteiger partial charge in [-0.25, -0.2) is 4.79 Å². The maximum atomic E-state index is 11.7. The molecule has 2 amide bonds. The number of hydroxylamine groups is 2. The lowest BCUT2D eigenvalue weighted by Crippen LogP contribution is -2.32. The highest BCUT2D eigenvalue weighted by atomic mass is 32.2. The maximum Gasteiger partial charge on any atom is 0.337 e. The molecule has 0 N–H and O–H groups in total. The van der Waals surface area contributed by atoms with Crippen LogP contribution in [-0.4, -0.2) is 29.1 Å². The molecule has 6 heteroatoms. The second-order valence-corrected chi connectivity index (χ2v) is 4.95. The average Bonchev–Trinajstić information content (AvgIpc) is 2.71. The molecule has 0 aromatic heterocycles. The SMILES string of the molecule is CSc1cccc(CC(=O)ON2C(=O)CCC2=O)c1. The first kappa shape index (κ1) is 13.6. The molecular formula is C13H13NO4S. The van der Waals surface area contributed by atoms with Crippen LogP contribution < -0.4 is 0 Å². The van der Waals surface area contributed by atoms with Gasteiger partial charge in [-0.2, -0.15) is 0 Å². The highest BCUT2D eigenvalue weighted by Gasteiger charge is 2.32. The Morgan fingerprint density at radius 2 is 2.00 bits per heavy atom. The summed E-state index contributed by atoms with van der Waals surface area (Å²) in [5, 5.41) is 0.570. The molecule has 1 heterocycles. The van der Waals surface area contributed by atoms with Crippen LogP contribution in [0.25, 0.3) is 0 Å². The Balaban J connectivity index is 1.97. The Morgan fingerprint density at radius 3 is 2.63 bits per heavy atom. The Morgan fingerprint density at radius 1 is 1.32 bits per heavy atom. The minimum atomic E-state index is -0.609. The minimum Gasteiger partial charge on any atom is -0.330 e. The summed E-state index contributed by atoms with van der Waals surface area (Å²) < 4.78 is 0. The average molecular weight is 279 g/mol. The molecule has 100 valence electrons. The van der Waals surface area contributed by atoms with E-state index < -0.39 is 17.8 Å². The van der Waals surface area contributed by atoms with Gasteiger partial charge in [-0.15, -0.1) is 16.8 Å². The van der Waals surface area contributed by atoms with E-state index in [0.717, 1.165) is 10.5 Å². The van der Waals surface area contributed by atoms with Crippen LogP contribution in [0.1, 0.15) is 18.4 Å². The highest BCUT2D eigenvalue weighted by molar-refractivity contribution is 7.98. The molecule has 0 atom stereocenters. The van der Waals surface area contributed by atoms with Gasteiger partial charge >= 0.3 is 5.97 Å². The van der Waals surface area contributed by atoms with E-state index in [1.807, 2.05) is 24.5 Å². The fourth-order valence-electron chi connectivity index (χ4n) is 1.74. The van der Waals surface area contributed by atoms with Crippen molar-refractivity contribution in [2.75, 3.05) is 6.26 Å². The standard InChI is InChI=1S/C13H13NO4S/c1-19-10-4-2-3-9(7-10)8-13(17)18-14-11(15)5-6-12(14)16/h2-4,7H,5-6,8H2,1H3. The first-order chi connectivity index (χ1) is 9.10. The van der Waals surface area contributed by atoms with Crippen LogP contribution in [0.4, 0.5) is 0 Å². The summed E-state index contributed by atoms with van der Waals surface area (Å²) in [6.45, 7) is 0. The number of thioether (sulfide) groups is 1. The van der Waals surface area contributed by atoms with E-state index in [1.54, 1.807) is 17.8 Å². The van der Waals surface area contributed by atoms with Crippen LogP contribution in [0.2, 0.25) is 0 Å². The van der Waals surface area contributed by atoms with Crippen LogP contribution >= 0.6 is 11.8 Å². The second-order valence-electron chi connectivity index (χ2n) is 4.07. The molecule has 1 aliphatic rings. The summed E-state index contributed by atoms with van der Waals surface area (Å²) in [5.41, 5.74) is 0.788. The smallest absolute Gasteiger partial charge is 0.330 e. The first-order valence-electron chi connectivity index (χ1n) is 5.79. The number of carbonyl (C=O) groups excluding carboxylic acids is 3. The lowest BCUT2D eigenvalue weighted by molar-refractivity contribution is -0.197. The Kier molecular flexibility index (Phi) is 4.21. The summed E-state index contributed by atoms with van der Waals surface area (Å²) in [6, 6.07) is 7.46. The zero-order valence-corrected chi connectivity index (χ0v) is 11.2. The van der Waals surface area contributed by atoms with E-state index in [-0.39, 0.29) is 19.3 Å². The van der Waals surface area contributed by atoms with Gasteiger partial charge in [0.25, 0.3) is 11.8 Å².